The number of anilines is 1. The minimum Gasteiger partial charge on any atom is -0.493 e. The maximum Gasteiger partial charge on any atom is 0.269 e. The van der Waals surface area contributed by atoms with Crippen LogP contribution in [0.1, 0.15) is 31.4 Å². The predicted molar refractivity (Wildman–Crippen MR) is 147 cm³/mol. The molecule has 1 aliphatic rings. The Bertz CT molecular complexity index is 1500. The molecule has 0 unspecified atom stereocenters. The summed E-state index contributed by atoms with van der Waals surface area (Å²) in [7, 11) is 4.58. The first-order valence-electron chi connectivity index (χ1n) is 12.4. The minimum absolute atomic E-state index is 0.219. The lowest BCUT2D eigenvalue weighted by molar-refractivity contribution is -0.110. The number of nitrogens with one attached hydrogen (secondary N) is 1. The Balaban J connectivity index is 1.93. The number of benzene rings is 2. The number of rotatable bonds is 10. The van der Waals surface area contributed by atoms with E-state index in [9.17, 15) is 14.0 Å². The van der Waals surface area contributed by atoms with Crippen molar-refractivity contribution in [2.45, 2.75) is 26.8 Å². The second-order valence-electron chi connectivity index (χ2n) is 8.73. The fourth-order valence-corrected chi connectivity index (χ4v) is 5.78. The van der Waals surface area contributed by atoms with Crippen LogP contribution in [0, 0.1) is 5.82 Å². The van der Waals surface area contributed by atoms with Crippen molar-refractivity contribution < 1.29 is 23.4 Å². The fourth-order valence-electron chi connectivity index (χ4n) is 4.59. The third-order valence-corrected chi connectivity index (χ3v) is 7.71. The van der Waals surface area contributed by atoms with E-state index in [2.05, 4.69) is 24.1 Å². The molecule has 0 radical (unpaired) electrons. The zero-order valence-electron chi connectivity index (χ0n) is 22.2. The number of carbonyl (C=O) groups is 1. The molecular weight excluding hydrogens is 509 g/mol. The fraction of sp³-hybridized carbons (Fsp3) is 0.357. The molecule has 0 spiro atoms. The molecule has 1 aliphatic heterocycles. The van der Waals surface area contributed by atoms with E-state index in [4.69, 9.17) is 14.2 Å². The number of halogens is 1. The number of carbonyl (C=O) groups excluding carboxylic acids is 1. The van der Waals surface area contributed by atoms with E-state index in [0.717, 1.165) is 26.1 Å². The van der Waals surface area contributed by atoms with Crippen LogP contribution in [0.4, 0.5) is 10.1 Å². The van der Waals surface area contributed by atoms with E-state index < -0.39 is 5.82 Å². The summed E-state index contributed by atoms with van der Waals surface area (Å²) < 4.78 is 33.0. The molecule has 0 bridgehead atoms. The van der Waals surface area contributed by atoms with Crippen LogP contribution in [0.25, 0.3) is 11.6 Å². The number of hydrogen-bond acceptors (Lipinski definition) is 7. The maximum absolute atomic E-state index is 14.2. The van der Waals surface area contributed by atoms with Crippen molar-refractivity contribution in [3.05, 3.63) is 66.8 Å². The van der Waals surface area contributed by atoms with E-state index in [1.54, 1.807) is 22.8 Å². The van der Waals surface area contributed by atoms with Crippen LogP contribution in [0.2, 0.25) is 0 Å². The highest BCUT2D eigenvalue weighted by Crippen LogP contribution is 2.38. The Morgan fingerprint density at radius 3 is 2.32 bits per heavy atom. The molecule has 2 heterocycles. The van der Waals surface area contributed by atoms with Gasteiger partial charge < -0.3 is 24.4 Å². The van der Waals surface area contributed by atoms with Crippen molar-refractivity contribution in [1.82, 2.24) is 9.47 Å². The first kappa shape index (κ1) is 27.4. The molecule has 4 rings (SSSR count). The molecule has 3 aromatic rings. The minimum atomic E-state index is -0.450. The molecular formula is C28H32FN3O5S. The van der Waals surface area contributed by atoms with Gasteiger partial charge in [0.15, 0.2) is 11.5 Å². The lowest BCUT2D eigenvalue weighted by Crippen LogP contribution is -2.34. The molecule has 2 aromatic carbocycles. The second-order valence-corrected chi connectivity index (χ2v) is 9.76. The number of amides is 1. The van der Waals surface area contributed by atoms with Crippen LogP contribution in [-0.2, 0) is 11.3 Å². The number of thiazole rings is 1. The normalized spacial score (nSPS) is 14.6. The Morgan fingerprint density at radius 2 is 1.71 bits per heavy atom. The Hall–Kier alpha value is -3.63. The smallest absolute Gasteiger partial charge is 0.269 e. The van der Waals surface area contributed by atoms with Gasteiger partial charge in [-0.2, -0.15) is 0 Å². The van der Waals surface area contributed by atoms with E-state index in [1.165, 1.54) is 50.9 Å². The highest BCUT2D eigenvalue weighted by atomic mass is 32.1. The quantitative estimate of drug-likeness (QED) is 0.425. The summed E-state index contributed by atoms with van der Waals surface area (Å²) in [5.41, 5.74) is 1.73. The number of methoxy groups -OCH3 is 3. The number of fused-ring (bicyclic) bond motifs is 1. The van der Waals surface area contributed by atoms with Crippen LogP contribution in [0.15, 0.2) is 35.1 Å². The second kappa shape index (κ2) is 11.8. The zero-order valence-corrected chi connectivity index (χ0v) is 23.0. The Labute approximate surface area is 224 Å². The van der Waals surface area contributed by atoms with Gasteiger partial charge in [0.05, 0.1) is 31.4 Å². The van der Waals surface area contributed by atoms with Crippen molar-refractivity contribution in [1.29, 1.82) is 0 Å². The standard InChI is InChI=1S/C28H32FN3O5S/c1-6-31(7-2)11-8-12-32-27(34)23(15-17-13-21(35-3)25(37-5)22(14-17)36-4)38-28(32)24-19-16-18(29)9-10-20(19)30-26(24)33/h9-10,13-16H,6-8,11-12H2,1-5H3,(H,30,33)/b23-15-,28-24+. The summed E-state index contributed by atoms with van der Waals surface area (Å²) in [6.07, 6.45) is 2.46. The molecule has 0 saturated carbocycles. The van der Waals surface area contributed by atoms with Crippen molar-refractivity contribution in [2.75, 3.05) is 46.3 Å². The highest BCUT2D eigenvalue weighted by Gasteiger charge is 2.27. The first-order chi connectivity index (χ1) is 18.3. The van der Waals surface area contributed by atoms with Crippen LogP contribution in [0.3, 0.4) is 0 Å². The third-order valence-electron chi connectivity index (χ3n) is 6.58. The van der Waals surface area contributed by atoms with Crippen molar-refractivity contribution in [2.24, 2.45) is 0 Å². The van der Waals surface area contributed by atoms with Gasteiger partial charge in [0.1, 0.15) is 10.5 Å². The van der Waals surface area contributed by atoms with Crippen molar-refractivity contribution in [3.8, 4) is 17.2 Å². The van der Waals surface area contributed by atoms with Gasteiger partial charge in [0.2, 0.25) is 5.75 Å². The van der Waals surface area contributed by atoms with Crippen molar-refractivity contribution >= 4 is 34.6 Å². The SMILES string of the molecule is CCN(CC)CCCn1c(=O)/c(=C/c2cc(OC)c(OC)c(OC)c2)s/c1=C1/C(=O)Nc2ccc(F)cc21. The van der Waals surface area contributed by atoms with Gasteiger partial charge >= 0.3 is 0 Å². The summed E-state index contributed by atoms with van der Waals surface area (Å²) in [5, 5.41) is 2.80. The van der Waals surface area contributed by atoms with Crippen LogP contribution in [-0.4, -0.2) is 56.3 Å². The predicted octanol–water partition coefficient (Wildman–Crippen LogP) is 2.79. The largest absolute Gasteiger partial charge is 0.493 e. The van der Waals surface area contributed by atoms with Crippen LogP contribution >= 0.6 is 11.3 Å². The molecule has 1 amide bonds. The average Bonchev–Trinajstić information content (AvgIpc) is 3.40. The van der Waals surface area contributed by atoms with Gasteiger partial charge in [-0.25, -0.2) is 4.39 Å². The molecule has 202 valence electrons. The molecule has 38 heavy (non-hydrogen) atoms. The average molecular weight is 542 g/mol. The summed E-state index contributed by atoms with van der Waals surface area (Å²) in [4.78, 5) is 29.0. The summed E-state index contributed by atoms with van der Waals surface area (Å²) in [6, 6.07) is 7.68. The number of nitrogens with zero attached hydrogens (tertiary/aromatic N) is 2. The first-order valence-corrected chi connectivity index (χ1v) is 13.3. The molecule has 0 aliphatic carbocycles. The molecule has 10 heteroatoms. The highest BCUT2D eigenvalue weighted by molar-refractivity contribution is 7.07. The van der Waals surface area contributed by atoms with E-state index in [1.807, 2.05) is 0 Å². The van der Waals surface area contributed by atoms with Crippen LogP contribution in [0.5, 0.6) is 17.2 Å². The van der Waals surface area contributed by atoms with Gasteiger partial charge in [-0.3, -0.25) is 14.2 Å². The summed E-state index contributed by atoms with van der Waals surface area (Å²) >= 11 is 1.21. The third kappa shape index (κ3) is 5.32. The van der Waals surface area contributed by atoms with E-state index >= 15 is 0 Å². The summed E-state index contributed by atoms with van der Waals surface area (Å²) in [6.45, 7) is 7.25. The van der Waals surface area contributed by atoms with Gasteiger partial charge in [0, 0.05) is 17.8 Å². The molecule has 8 nitrogen and oxygen atoms in total. The number of hydrogen-bond donors (Lipinski definition) is 1. The van der Waals surface area contributed by atoms with Gasteiger partial charge in [-0.05, 0) is 68.0 Å². The van der Waals surface area contributed by atoms with E-state index in [0.29, 0.717) is 55.4 Å². The monoisotopic (exact) mass is 541 g/mol. The maximum atomic E-state index is 14.2. The zero-order chi connectivity index (χ0) is 27.4. The van der Waals surface area contributed by atoms with Gasteiger partial charge in [0.25, 0.3) is 11.5 Å². The van der Waals surface area contributed by atoms with Crippen molar-refractivity contribution in [3.63, 3.8) is 0 Å². The topological polar surface area (TPSA) is 82.0 Å². The van der Waals surface area contributed by atoms with Gasteiger partial charge in [-0.1, -0.05) is 13.8 Å². The number of aromatic nitrogens is 1. The lowest BCUT2D eigenvalue weighted by Gasteiger charge is -2.17. The summed E-state index contributed by atoms with van der Waals surface area (Å²) in [5.74, 6) is 0.564. The Morgan fingerprint density at radius 1 is 1.03 bits per heavy atom. The van der Waals surface area contributed by atoms with E-state index in [-0.39, 0.29) is 11.5 Å². The molecule has 0 fully saturated rings. The molecule has 0 atom stereocenters. The van der Waals surface area contributed by atoms with Crippen LogP contribution < -0.4 is 34.3 Å². The number of ether oxygens (including phenoxy) is 3. The lowest BCUT2D eigenvalue weighted by atomic mass is 10.1. The molecule has 1 N–H and O–H groups in total. The van der Waals surface area contributed by atoms with Gasteiger partial charge in [-0.15, -0.1) is 11.3 Å². The molecule has 0 saturated heterocycles. The molecule has 1 aromatic heterocycles. The Kier molecular flexibility index (Phi) is 8.53.